The quantitative estimate of drug-likeness (QED) is 0.104. The smallest absolute Gasteiger partial charge is 0.367 e. The number of alkyl halides is 3. The van der Waals surface area contributed by atoms with Crippen LogP contribution in [0.3, 0.4) is 0 Å². The molecule has 0 atom stereocenters. The molecular formula is C80H69F5Ir5N12-6. The van der Waals surface area contributed by atoms with Crippen molar-refractivity contribution in [3.05, 3.63) is 325 Å². The van der Waals surface area contributed by atoms with E-state index in [1.54, 1.807) is 35.5 Å². The number of benzene rings is 7. The Morgan fingerprint density at radius 1 is 0.520 bits per heavy atom. The Kier molecular flexibility index (Phi) is 34.6. The van der Waals surface area contributed by atoms with Gasteiger partial charge in [-0.25, -0.2) is 0 Å². The van der Waals surface area contributed by atoms with Gasteiger partial charge < -0.3 is 23.8 Å². The minimum absolute atomic E-state index is 0. The van der Waals surface area contributed by atoms with Gasteiger partial charge in [0, 0.05) is 185 Å². The van der Waals surface area contributed by atoms with Crippen LogP contribution in [-0.2, 0) is 114 Å². The summed E-state index contributed by atoms with van der Waals surface area (Å²) in [6.45, 7) is 10.2. The van der Waals surface area contributed by atoms with E-state index in [1.807, 2.05) is 183 Å². The summed E-state index contributed by atoms with van der Waals surface area (Å²) in [6, 6.07) is 76.1. The Hall–Kier alpha value is -8.21. The van der Waals surface area contributed by atoms with Crippen LogP contribution in [0.4, 0.5) is 22.0 Å². The van der Waals surface area contributed by atoms with E-state index in [0.29, 0.717) is 17.4 Å². The summed E-state index contributed by atoms with van der Waals surface area (Å²) in [6.07, 6.45) is 17.4. The van der Waals surface area contributed by atoms with Crippen LogP contribution in [0.5, 0.6) is 0 Å². The molecule has 5 radical (unpaired) electrons. The van der Waals surface area contributed by atoms with Crippen LogP contribution in [-0.4, -0.2) is 58.4 Å². The van der Waals surface area contributed by atoms with Crippen LogP contribution in [0.2, 0.25) is 0 Å². The standard InChI is InChI=1S/C19H16F3N2.C16H19N2.C16H13N2.C11H8N.C9H5F2N2.C9H8N3.5Ir/c1-12-5-4-6-13(2)17(12)16-11-23-18(24(16)3)14-7-9-15(10-8-14)19(20,21)22;1-13-12-17-16(14-8-4-2-5-9-14)18(13)15-10-6-3-7-11-15;1-13-7-9-15(10-8-13)18-16(11-12-17-18)14-5-3-2-4-6-14;1-2-6-10(7-3-1)11-8-4-5-9-12-11;10-7-2-3-9(8(11)6-7)13-5-1-4-12-13;1-8-5-7-12(11-8)9-4-2-3-6-10-9;;;;;/h4-7,9-11H,1-3H3;2,4-5,8,12,15H,3,6-7,10-11H2,1H3;2-9,11-12H,1H3;1-6,8-9H;1-2,4-6H;2-6H,1H3;;;;;/q6*-1;;;;;. The molecule has 0 spiro atoms. The Balaban J connectivity index is 0.000000222. The summed E-state index contributed by atoms with van der Waals surface area (Å²) in [4.78, 5) is 17.3. The second-order valence-electron chi connectivity index (χ2n) is 22.7. The molecule has 0 saturated heterocycles. The van der Waals surface area contributed by atoms with Gasteiger partial charge in [-0.15, -0.1) is 126 Å². The Morgan fingerprint density at radius 3 is 1.76 bits per heavy atom. The molecule has 0 N–H and O–H groups in total. The zero-order valence-electron chi connectivity index (χ0n) is 56.1. The minimum Gasteiger partial charge on any atom is -0.367 e. The van der Waals surface area contributed by atoms with Crippen LogP contribution in [0, 0.1) is 82.8 Å². The van der Waals surface area contributed by atoms with Gasteiger partial charge in [0.1, 0.15) is 0 Å². The van der Waals surface area contributed by atoms with E-state index in [-0.39, 0.29) is 106 Å². The molecule has 22 heteroatoms. The number of imidazole rings is 2. The molecule has 0 unspecified atom stereocenters. The summed E-state index contributed by atoms with van der Waals surface area (Å²) < 4.78 is 72.7. The van der Waals surface area contributed by atoms with Crippen LogP contribution in [0.1, 0.15) is 71.8 Å². The third kappa shape index (κ3) is 23.1. The second-order valence-corrected chi connectivity index (χ2v) is 22.7. The molecule has 7 heterocycles. The summed E-state index contributed by atoms with van der Waals surface area (Å²) in [5.41, 5.74) is 13.9. The minimum atomic E-state index is -4.36. The molecule has 12 nitrogen and oxygen atoms in total. The Bertz CT molecular complexity index is 4630. The van der Waals surface area contributed by atoms with Gasteiger partial charge in [0.2, 0.25) is 0 Å². The number of aryl methyl sites for hydroxylation is 5. The van der Waals surface area contributed by atoms with Crippen molar-refractivity contribution in [3.63, 3.8) is 0 Å². The number of rotatable bonds is 9. The van der Waals surface area contributed by atoms with Gasteiger partial charge in [0.05, 0.1) is 28.9 Å². The fourth-order valence-corrected chi connectivity index (χ4v) is 10.8. The van der Waals surface area contributed by atoms with Crippen LogP contribution in [0.15, 0.2) is 244 Å². The van der Waals surface area contributed by atoms with Crippen molar-refractivity contribution in [2.75, 3.05) is 0 Å². The largest absolute Gasteiger partial charge is 0.381 e. The molecule has 0 bridgehead atoms. The summed E-state index contributed by atoms with van der Waals surface area (Å²) in [7, 11) is 1.86. The van der Waals surface area contributed by atoms with Gasteiger partial charge in [-0.3, -0.25) is 33.2 Å². The van der Waals surface area contributed by atoms with Crippen molar-refractivity contribution in [3.8, 4) is 73.7 Å². The van der Waals surface area contributed by atoms with E-state index in [0.717, 1.165) is 97.8 Å². The topological polar surface area (TPSA) is 115 Å². The number of halogens is 5. The molecule has 102 heavy (non-hydrogen) atoms. The average molecular weight is 2250 g/mol. The first-order chi connectivity index (χ1) is 47.1. The summed E-state index contributed by atoms with van der Waals surface area (Å²) in [5.74, 6) is 1.14. The molecule has 1 aliphatic rings. The molecular weight excluding hydrogens is 2190 g/mol. The van der Waals surface area contributed by atoms with Gasteiger partial charge in [0.25, 0.3) is 0 Å². The van der Waals surface area contributed by atoms with Crippen LogP contribution >= 0.6 is 0 Å². The first kappa shape index (κ1) is 84.4. The van der Waals surface area contributed by atoms with Crippen molar-refractivity contribution in [2.24, 2.45) is 7.05 Å². The molecule has 535 valence electrons. The van der Waals surface area contributed by atoms with E-state index in [4.69, 9.17) is 0 Å². The zero-order chi connectivity index (χ0) is 68.1. The average Bonchev–Trinajstić information content (AvgIpc) is 1.62. The number of aromatic nitrogens is 12. The first-order valence-corrected chi connectivity index (χ1v) is 31.5. The van der Waals surface area contributed by atoms with E-state index in [1.165, 1.54) is 60.3 Å². The van der Waals surface area contributed by atoms with E-state index >= 15 is 0 Å². The normalized spacial score (nSPS) is 11.2. The maximum Gasteiger partial charge on any atom is 0.381 e. The van der Waals surface area contributed by atoms with Gasteiger partial charge in [-0.1, -0.05) is 112 Å². The molecule has 14 aromatic rings. The number of pyridine rings is 2. The van der Waals surface area contributed by atoms with E-state index < -0.39 is 23.4 Å². The van der Waals surface area contributed by atoms with Gasteiger partial charge in [-0.05, 0) is 97.3 Å². The fourth-order valence-electron chi connectivity index (χ4n) is 10.8. The van der Waals surface area contributed by atoms with Crippen molar-refractivity contribution < 1.29 is 122 Å². The summed E-state index contributed by atoms with van der Waals surface area (Å²) >= 11 is 0. The maximum atomic E-state index is 13.1. The molecule has 7 aromatic carbocycles. The van der Waals surface area contributed by atoms with Gasteiger partial charge in [-0.2, -0.15) is 53.2 Å². The number of hydrogen-bond acceptors (Lipinski definition) is 7. The number of hydrogen-bond donors (Lipinski definition) is 0. The molecule has 1 aliphatic carbocycles. The molecule has 0 amide bonds. The van der Waals surface area contributed by atoms with Crippen molar-refractivity contribution in [1.29, 1.82) is 0 Å². The SMILES string of the molecule is Cc1c[c-]c(-n2nccc2-c2ccccc2)cc1.Cc1c[c-]n(-c2ccccn2)n1.Cc1cccc(C)c1-c1cnc(-c2[c-]cc(C(F)(F)F)cc2)n1C.Cc1cnc(-c2[c-]cccc2)n1C1CCCCC1.Fc1c[c-]c(-n2cccn2)c(F)c1.[Ir].[Ir].[Ir].[Ir].[Ir].[c-]1ccccc1-c1ccccn1. The zero-order valence-corrected chi connectivity index (χ0v) is 68.1. The predicted octanol–water partition coefficient (Wildman–Crippen LogP) is 18.9. The molecule has 0 aliphatic heterocycles. The van der Waals surface area contributed by atoms with E-state index in [2.05, 4.69) is 121 Å². The Labute approximate surface area is 660 Å². The van der Waals surface area contributed by atoms with Gasteiger partial charge in [0.15, 0.2) is 0 Å². The van der Waals surface area contributed by atoms with Crippen molar-refractivity contribution in [2.45, 2.75) is 78.9 Å². The predicted molar refractivity (Wildman–Crippen MR) is 369 cm³/mol. The number of nitrogens with zero attached hydrogens (tertiary/aromatic N) is 12. The molecule has 15 rings (SSSR count). The third-order valence-electron chi connectivity index (χ3n) is 15.6. The van der Waals surface area contributed by atoms with Gasteiger partial charge >= 0.3 is 6.18 Å². The Morgan fingerprint density at radius 2 is 1.19 bits per heavy atom. The van der Waals surface area contributed by atoms with Crippen LogP contribution in [0.25, 0.3) is 73.7 Å². The van der Waals surface area contributed by atoms with E-state index in [9.17, 15) is 22.0 Å². The van der Waals surface area contributed by atoms with Crippen LogP contribution < -0.4 is 0 Å². The maximum absolute atomic E-state index is 13.1. The summed E-state index contributed by atoms with van der Waals surface area (Å²) in [5, 5.41) is 12.4. The molecule has 7 aromatic heterocycles. The second kappa shape index (κ2) is 41.8. The fraction of sp³-hybridized carbons (Fsp3) is 0.163. The monoisotopic (exact) mass is 2260 g/mol. The first-order valence-electron chi connectivity index (χ1n) is 31.5. The molecule has 1 saturated carbocycles. The third-order valence-corrected chi connectivity index (χ3v) is 15.6. The molecule has 1 fully saturated rings. The van der Waals surface area contributed by atoms with Crippen molar-refractivity contribution >= 4 is 0 Å². The van der Waals surface area contributed by atoms with Crippen molar-refractivity contribution in [1.82, 2.24) is 58.4 Å².